The molecule has 1 aromatic carbocycles. The molecule has 0 bridgehead atoms. The van der Waals surface area contributed by atoms with Crippen molar-refractivity contribution in [2.24, 2.45) is 5.92 Å². The lowest BCUT2D eigenvalue weighted by atomic mass is 10.0. The van der Waals surface area contributed by atoms with Crippen molar-refractivity contribution in [2.75, 3.05) is 11.4 Å². The van der Waals surface area contributed by atoms with Crippen molar-refractivity contribution in [2.45, 2.75) is 32.7 Å². The first kappa shape index (κ1) is 17.1. The first-order valence-electron chi connectivity index (χ1n) is 8.62. The van der Waals surface area contributed by atoms with Crippen molar-refractivity contribution in [3.8, 4) is 0 Å². The lowest BCUT2D eigenvalue weighted by Gasteiger charge is -2.22. The summed E-state index contributed by atoms with van der Waals surface area (Å²) in [5.41, 5.74) is 3.05. The van der Waals surface area contributed by atoms with Gasteiger partial charge in [0.15, 0.2) is 0 Å². The number of rotatable bonds is 5. The molecule has 5 heteroatoms. The molecule has 1 saturated heterocycles. The molecule has 1 aliphatic rings. The van der Waals surface area contributed by atoms with Crippen LogP contribution in [0.25, 0.3) is 0 Å². The third kappa shape index (κ3) is 3.87. The van der Waals surface area contributed by atoms with Crippen molar-refractivity contribution < 1.29 is 9.59 Å². The number of aromatic nitrogens is 1. The van der Waals surface area contributed by atoms with Crippen molar-refractivity contribution in [3.05, 3.63) is 59.9 Å². The molecule has 1 aliphatic heterocycles. The van der Waals surface area contributed by atoms with E-state index in [1.165, 1.54) is 0 Å². The third-order valence-corrected chi connectivity index (χ3v) is 4.56. The first-order chi connectivity index (χ1) is 12.1. The zero-order valence-electron chi connectivity index (χ0n) is 14.6. The van der Waals surface area contributed by atoms with Crippen LogP contribution in [-0.2, 0) is 16.1 Å². The Morgan fingerprint density at radius 2 is 1.96 bits per heavy atom. The molecule has 0 spiro atoms. The Balaban J connectivity index is 1.67. The predicted octanol–water partition coefficient (Wildman–Crippen LogP) is 2.87. The summed E-state index contributed by atoms with van der Waals surface area (Å²) in [7, 11) is 0. The molecule has 3 rings (SSSR count). The van der Waals surface area contributed by atoms with Crippen LogP contribution in [0.15, 0.2) is 48.8 Å². The minimum atomic E-state index is -0.311. The highest BCUT2D eigenvalue weighted by molar-refractivity contribution is 6.00. The van der Waals surface area contributed by atoms with E-state index in [-0.39, 0.29) is 24.2 Å². The van der Waals surface area contributed by atoms with Crippen LogP contribution in [0.3, 0.4) is 0 Å². The topological polar surface area (TPSA) is 62.3 Å². The molecular weight excluding hydrogens is 314 g/mol. The number of amides is 2. The number of hydrogen-bond donors (Lipinski definition) is 1. The Labute approximate surface area is 148 Å². The summed E-state index contributed by atoms with van der Waals surface area (Å²) in [5.74, 6) is -0.0510. The maximum Gasteiger partial charge on any atom is 0.227 e. The van der Waals surface area contributed by atoms with E-state index < -0.39 is 0 Å². The zero-order chi connectivity index (χ0) is 17.8. The SMILES string of the molecule is CC(C)c1ccccc1N1CC(C(=O)NCc2ccncc2)CC1=O. The van der Waals surface area contributed by atoms with Gasteiger partial charge >= 0.3 is 0 Å². The second-order valence-corrected chi connectivity index (χ2v) is 6.69. The molecule has 5 nitrogen and oxygen atoms in total. The standard InChI is InChI=1S/C20H23N3O2/c1-14(2)17-5-3-4-6-18(17)23-13-16(11-19(23)24)20(25)22-12-15-7-9-21-10-8-15/h3-10,14,16H,11-13H2,1-2H3,(H,22,25). The minimum absolute atomic E-state index is 0.0113. The number of nitrogens with one attached hydrogen (secondary N) is 1. The average Bonchev–Trinajstić information content (AvgIpc) is 3.02. The van der Waals surface area contributed by atoms with Gasteiger partial charge in [-0.3, -0.25) is 14.6 Å². The second kappa shape index (κ2) is 7.47. The number of carbonyl (C=O) groups excluding carboxylic acids is 2. The molecule has 2 heterocycles. The monoisotopic (exact) mass is 337 g/mol. The highest BCUT2D eigenvalue weighted by atomic mass is 16.2. The highest BCUT2D eigenvalue weighted by Crippen LogP contribution is 2.32. The van der Waals surface area contributed by atoms with Crippen molar-refractivity contribution >= 4 is 17.5 Å². The maximum atomic E-state index is 12.5. The number of hydrogen-bond acceptors (Lipinski definition) is 3. The van der Waals surface area contributed by atoms with Crippen LogP contribution in [0.2, 0.25) is 0 Å². The summed E-state index contributed by atoms with van der Waals surface area (Å²) in [6.07, 6.45) is 3.66. The molecule has 1 atom stereocenters. The van der Waals surface area contributed by atoms with Gasteiger partial charge in [0.2, 0.25) is 11.8 Å². The molecule has 1 unspecified atom stereocenters. The van der Waals surface area contributed by atoms with Crippen LogP contribution in [0.1, 0.15) is 37.3 Å². The van der Waals surface area contributed by atoms with Gasteiger partial charge in [0.25, 0.3) is 0 Å². The molecular formula is C20H23N3O2. The number of nitrogens with zero attached hydrogens (tertiary/aromatic N) is 2. The van der Waals surface area contributed by atoms with Crippen LogP contribution in [0.4, 0.5) is 5.69 Å². The summed E-state index contributed by atoms with van der Waals surface area (Å²) in [5, 5.41) is 2.93. The Hall–Kier alpha value is -2.69. The summed E-state index contributed by atoms with van der Waals surface area (Å²) >= 11 is 0. The molecule has 2 amide bonds. The molecule has 130 valence electrons. The Morgan fingerprint density at radius 3 is 2.68 bits per heavy atom. The smallest absolute Gasteiger partial charge is 0.227 e. The minimum Gasteiger partial charge on any atom is -0.352 e. The molecule has 1 aromatic heterocycles. The van der Waals surface area contributed by atoms with E-state index in [0.717, 1.165) is 16.8 Å². The van der Waals surface area contributed by atoms with Gasteiger partial charge in [-0.25, -0.2) is 0 Å². The second-order valence-electron chi connectivity index (χ2n) is 6.69. The van der Waals surface area contributed by atoms with Crippen molar-refractivity contribution in [3.63, 3.8) is 0 Å². The summed E-state index contributed by atoms with van der Waals surface area (Å²) < 4.78 is 0. The number of pyridine rings is 1. The van der Waals surface area contributed by atoms with E-state index in [4.69, 9.17) is 0 Å². The van der Waals surface area contributed by atoms with Crippen LogP contribution in [-0.4, -0.2) is 23.3 Å². The number of anilines is 1. The Morgan fingerprint density at radius 1 is 1.24 bits per heavy atom. The van der Waals surface area contributed by atoms with Gasteiger partial charge in [-0.05, 0) is 35.2 Å². The lowest BCUT2D eigenvalue weighted by Crippen LogP contribution is -2.32. The fourth-order valence-electron chi connectivity index (χ4n) is 3.17. The van der Waals surface area contributed by atoms with E-state index in [0.29, 0.717) is 19.0 Å². The van der Waals surface area contributed by atoms with Gasteiger partial charge in [-0.2, -0.15) is 0 Å². The van der Waals surface area contributed by atoms with E-state index in [1.54, 1.807) is 17.3 Å². The fourth-order valence-corrected chi connectivity index (χ4v) is 3.17. The van der Waals surface area contributed by atoms with Crippen molar-refractivity contribution in [1.29, 1.82) is 0 Å². The zero-order valence-corrected chi connectivity index (χ0v) is 14.6. The highest BCUT2D eigenvalue weighted by Gasteiger charge is 2.35. The number of carbonyl (C=O) groups is 2. The third-order valence-electron chi connectivity index (χ3n) is 4.56. The van der Waals surface area contributed by atoms with Gasteiger partial charge < -0.3 is 10.2 Å². The summed E-state index contributed by atoms with van der Waals surface area (Å²) in [4.78, 5) is 30.6. The van der Waals surface area contributed by atoms with Crippen LogP contribution in [0, 0.1) is 5.92 Å². The van der Waals surface area contributed by atoms with Gasteiger partial charge in [0.05, 0.1) is 5.92 Å². The molecule has 0 radical (unpaired) electrons. The first-order valence-corrected chi connectivity index (χ1v) is 8.62. The van der Waals surface area contributed by atoms with Gasteiger partial charge in [-0.1, -0.05) is 32.0 Å². The Bertz CT molecular complexity index is 759. The number of benzene rings is 1. The lowest BCUT2D eigenvalue weighted by molar-refractivity contribution is -0.126. The Kier molecular flexibility index (Phi) is 5.12. The molecule has 0 saturated carbocycles. The number of para-hydroxylation sites is 1. The molecule has 1 N–H and O–H groups in total. The fraction of sp³-hybridized carbons (Fsp3) is 0.350. The van der Waals surface area contributed by atoms with Crippen LogP contribution < -0.4 is 10.2 Å². The van der Waals surface area contributed by atoms with Crippen molar-refractivity contribution in [1.82, 2.24) is 10.3 Å². The van der Waals surface area contributed by atoms with Crippen LogP contribution in [0.5, 0.6) is 0 Å². The quantitative estimate of drug-likeness (QED) is 0.912. The largest absolute Gasteiger partial charge is 0.352 e. The normalized spacial score (nSPS) is 17.2. The summed E-state index contributed by atoms with van der Waals surface area (Å²) in [6.45, 7) is 5.11. The maximum absolute atomic E-state index is 12.5. The van der Waals surface area contributed by atoms with E-state index in [2.05, 4.69) is 24.1 Å². The molecule has 1 fully saturated rings. The van der Waals surface area contributed by atoms with E-state index >= 15 is 0 Å². The summed E-state index contributed by atoms with van der Waals surface area (Å²) in [6, 6.07) is 11.7. The predicted molar refractivity (Wildman–Crippen MR) is 97.1 cm³/mol. The van der Waals surface area contributed by atoms with E-state index in [1.807, 2.05) is 36.4 Å². The van der Waals surface area contributed by atoms with Crippen LogP contribution >= 0.6 is 0 Å². The average molecular weight is 337 g/mol. The van der Waals surface area contributed by atoms with Gasteiger partial charge in [-0.15, -0.1) is 0 Å². The molecule has 0 aliphatic carbocycles. The molecule has 25 heavy (non-hydrogen) atoms. The van der Waals surface area contributed by atoms with Gasteiger partial charge in [0, 0.05) is 37.6 Å². The molecule has 2 aromatic rings. The van der Waals surface area contributed by atoms with E-state index in [9.17, 15) is 9.59 Å². The van der Waals surface area contributed by atoms with Gasteiger partial charge in [0.1, 0.15) is 0 Å².